The van der Waals surface area contributed by atoms with E-state index in [1.807, 2.05) is 0 Å². The number of alkyl halides is 6. The molecule has 0 atom stereocenters. The molecule has 1 aliphatic heterocycles. The highest BCUT2D eigenvalue weighted by Gasteiger charge is 2.75. The highest BCUT2D eigenvalue weighted by atomic mass is 19.4. The number of hydrogen-bond acceptors (Lipinski definition) is 5. The normalized spacial score (nSPS) is 15.1. The van der Waals surface area contributed by atoms with Crippen molar-refractivity contribution in [2.75, 3.05) is 12.4 Å². The van der Waals surface area contributed by atoms with Gasteiger partial charge in [0, 0.05) is 5.56 Å². The van der Waals surface area contributed by atoms with E-state index < -0.39 is 57.9 Å². The van der Waals surface area contributed by atoms with E-state index in [-0.39, 0.29) is 15.9 Å². The van der Waals surface area contributed by atoms with Crippen molar-refractivity contribution in [2.45, 2.75) is 17.9 Å². The van der Waals surface area contributed by atoms with Crippen molar-refractivity contribution in [2.24, 2.45) is 4.99 Å². The van der Waals surface area contributed by atoms with E-state index in [4.69, 9.17) is 4.74 Å². The summed E-state index contributed by atoms with van der Waals surface area (Å²) in [6.45, 7) is 0. The van der Waals surface area contributed by atoms with Gasteiger partial charge in [0.25, 0.3) is 11.1 Å². The number of benzene rings is 2. The molecule has 2 N–H and O–H groups in total. The third-order valence-electron chi connectivity index (χ3n) is 5.27. The first kappa shape index (κ1) is 24.0. The Labute approximate surface area is 190 Å². The lowest BCUT2D eigenvalue weighted by Crippen LogP contribution is -2.59. The lowest BCUT2D eigenvalue weighted by atomic mass is 9.87. The van der Waals surface area contributed by atoms with Crippen LogP contribution in [-0.2, 0) is 5.54 Å². The van der Waals surface area contributed by atoms with Crippen LogP contribution in [0.3, 0.4) is 0 Å². The average Bonchev–Trinajstić information content (AvgIpc) is 2.78. The number of H-pyrrole nitrogens is 1. The van der Waals surface area contributed by atoms with Crippen LogP contribution in [0.15, 0.2) is 63.1 Å². The zero-order chi connectivity index (χ0) is 25.8. The van der Waals surface area contributed by atoms with Crippen molar-refractivity contribution < 1.29 is 35.5 Å². The maximum atomic E-state index is 14.5. The number of nitrogens with one attached hydrogen (secondary N) is 2. The number of aliphatic imine (C=N–C) groups is 1. The van der Waals surface area contributed by atoms with Gasteiger partial charge in [0.1, 0.15) is 28.8 Å². The van der Waals surface area contributed by atoms with Crippen molar-refractivity contribution in [3.63, 3.8) is 0 Å². The monoisotopic (exact) mass is 502 g/mol. The second-order valence-electron chi connectivity index (χ2n) is 7.29. The predicted octanol–water partition coefficient (Wildman–Crippen LogP) is 3.87. The molecule has 4 rings (SSSR count). The van der Waals surface area contributed by atoms with Crippen LogP contribution in [0.5, 0.6) is 5.75 Å². The fourth-order valence-corrected chi connectivity index (χ4v) is 3.67. The van der Waals surface area contributed by atoms with Crippen LogP contribution in [0.1, 0.15) is 11.1 Å². The van der Waals surface area contributed by atoms with Gasteiger partial charge < -0.3 is 10.1 Å². The van der Waals surface area contributed by atoms with E-state index in [1.165, 1.54) is 36.4 Å². The van der Waals surface area contributed by atoms with Crippen molar-refractivity contribution in [1.29, 1.82) is 0 Å². The van der Waals surface area contributed by atoms with Crippen LogP contribution in [-0.4, -0.2) is 34.8 Å². The van der Waals surface area contributed by atoms with Gasteiger partial charge in [0.2, 0.25) is 0 Å². The first-order valence-corrected chi connectivity index (χ1v) is 9.61. The Hall–Kier alpha value is -4.10. The number of para-hydroxylation sites is 1. The fraction of sp³-hybridized carbons (Fsp3) is 0.190. The Morgan fingerprint density at radius 3 is 2.09 bits per heavy atom. The molecule has 0 amide bonds. The van der Waals surface area contributed by atoms with E-state index in [0.717, 1.165) is 24.3 Å². The number of nitrogens with zero attached hydrogens (tertiary/aromatic N) is 2. The summed E-state index contributed by atoms with van der Waals surface area (Å²) in [6.07, 6.45) is -12.4. The molecule has 3 aromatic rings. The van der Waals surface area contributed by atoms with Crippen molar-refractivity contribution in [1.82, 2.24) is 9.55 Å². The van der Waals surface area contributed by atoms with Crippen LogP contribution in [0.4, 0.5) is 36.6 Å². The summed E-state index contributed by atoms with van der Waals surface area (Å²) < 4.78 is 105. The van der Waals surface area contributed by atoms with Crippen molar-refractivity contribution in [3.05, 3.63) is 86.3 Å². The number of anilines is 1. The molecule has 2 heterocycles. The molecular formula is C21H13F7N4O3. The second-order valence-corrected chi connectivity index (χ2v) is 7.29. The number of aromatic nitrogens is 2. The molecule has 14 heteroatoms. The zero-order valence-electron chi connectivity index (χ0n) is 17.4. The minimum Gasteiger partial charge on any atom is -0.497 e. The van der Waals surface area contributed by atoms with E-state index in [1.54, 1.807) is 0 Å². The number of methoxy groups -OCH3 is 1. The van der Waals surface area contributed by atoms with Crippen LogP contribution in [0.2, 0.25) is 0 Å². The van der Waals surface area contributed by atoms with Gasteiger partial charge in [-0.2, -0.15) is 26.3 Å². The smallest absolute Gasteiger partial charge is 0.427 e. The first-order valence-electron chi connectivity index (χ1n) is 9.61. The number of rotatable bonds is 3. The molecule has 0 unspecified atom stereocenters. The van der Waals surface area contributed by atoms with Crippen molar-refractivity contribution >= 4 is 11.7 Å². The number of aromatic amines is 1. The van der Waals surface area contributed by atoms with Crippen LogP contribution < -0.4 is 21.3 Å². The standard InChI is InChI=1S/C21H13F7N4O3/c1-35-11-8-6-10(7-9-11)15-29-16-14(19(31-15,20(23,24)25)21(26,27)28)17(33)30-18(34)32(16)13-5-3-2-4-12(13)22/h2-9H,1H3,(H,29,31)(H,30,33,34). The third-order valence-corrected chi connectivity index (χ3v) is 5.27. The molecule has 2 aromatic carbocycles. The molecule has 0 saturated heterocycles. The molecule has 0 bridgehead atoms. The van der Waals surface area contributed by atoms with E-state index >= 15 is 0 Å². The molecular weight excluding hydrogens is 489 g/mol. The molecule has 1 aromatic heterocycles. The highest BCUT2D eigenvalue weighted by molar-refractivity contribution is 6.10. The Morgan fingerprint density at radius 2 is 1.54 bits per heavy atom. The molecule has 0 aliphatic carbocycles. The maximum Gasteiger partial charge on any atom is 0.427 e. The van der Waals surface area contributed by atoms with Gasteiger partial charge in [-0.3, -0.25) is 9.78 Å². The van der Waals surface area contributed by atoms with E-state index in [2.05, 4.69) is 10.3 Å². The summed E-state index contributed by atoms with van der Waals surface area (Å²) in [5.74, 6) is -3.11. The molecule has 7 nitrogen and oxygen atoms in total. The Kier molecular flexibility index (Phi) is 5.49. The first-order chi connectivity index (χ1) is 16.3. The number of ether oxygens (including phenoxy) is 1. The van der Waals surface area contributed by atoms with Crippen LogP contribution in [0, 0.1) is 5.82 Å². The highest BCUT2D eigenvalue weighted by Crippen LogP contribution is 2.55. The summed E-state index contributed by atoms with van der Waals surface area (Å²) >= 11 is 0. The zero-order valence-corrected chi connectivity index (χ0v) is 17.4. The lowest BCUT2D eigenvalue weighted by Gasteiger charge is -2.38. The third kappa shape index (κ3) is 3.65. The molecule has 0 radical (unpaired) electrons. The maximum absolute atomic E-state index is 14.5. The van der Waals surface area contributed by atoms with Crippen LogP contribution in [0.25, 0.3) is 5.69 Å². The van der Waals surface area contributed by atoms with E-state index in [9.17, 15) is 40.3 Å². The van der Waals surface area contributed by atoms with Gasteiger partial charge in [0.15, 0.2) is 0 Å². The lowest BCUT2D eigenvalue weighted by molar-refractivity contribution is -0.301. The summed E-state index contributed by atoms with van der Waals surface area (Å²) in [7, 11) is 1.29. The van der Waals surface area contributed by atoms with Gasteiger partial charge in [-0.25, -0.2) is 18.7 Å². The molecule has 35 heavy (non-hydrogen) atoms. The number of fused-ring (bicyclic) bond motifs is 1. The predicted molar refractivity (Wildman–Crippen MR) is 110 cm³/mol. The van der Waals surface area contributed by atoms with Gasteiger partial charge in [0.05, 0.1) is 12.8 Å². The Bertz CT molecular complexity index is 1420. The molecule has 0 spiro atoms. The SMILES string of the molecule is COc1ccc(C2=NC(C(F)(F)F)(C(F)(F)F)c3c(n(-c4ccccc4F)c(=O)[nH]c3=O)N2)cc1. The Balaban J connectivity index is 2.17. The minimum atomic E-state index is -6.19. The Morgan fingerprint density at radius 1 is 0.943 bits per heavy atom. The number of hydrogen-bond donors (Lipinski definition) is 2. The van der Waals surface area contributed by atoms with Gasteiger partial charge in [-0.15, -0.1) is 0 Å². The van der Waals surface area contributed by atoms with Gasteiger partial charge in [-0.05, 0) is 36.4 Å². The summed E-state index contributed by atoms with van der Waals surface area (Å²) in [5, 5.41) is 2.21. The fourth-order valence-electron chi connectivity index (χ4n) is 3.67. The minimum absolute atomic E-state index is 0.191. The average molecular weight is 502 g/mol. The largest absolute Gasteiger partial charge is 0.497 e. The molecule has 184 valence electrons. The number of amidine groups is 1. The van der Waals surface area contributed by atoms with Gasteiger partial charge >= 0.3 is 18.0 Å². The van der Waals surface area contributed by atoms with E-state index in [0.29, 0.717) is 0 Å². The topological polar surface area (TPSA) is 88.5 Å². The van der Waals surface area contributed by atoms with Crippen molar-refractivity contribution in [3.8, 4) is 11.4 Å². The van der Waals surface area contributed by atoms with Gasteiger partial charge in [-0.1, -0.05) is 12.1 Å². The molecule has 0 saturated carbocycles. The second kappa shape index (κ2) is 7.99. The summed E-state index contributed by atoms with van der Waals surface area (Å²) in [6, 6.07) is 8.90. The van der Waals surface area contributed by atoms with Crippen LogP contribution >= 0.6 is 0 Å². The summed E-state index contributed by atoms with van der Waals surface area (Å²) in [4.78, 5) is 29.5. The molecule has 1 aliphatic rings. The summed E-state index contributed by atoms with van der Waals surface area (Å²) in [5.41, 5.74) is -11.5. The molecule has 0 fully saturated rings. The quantitative estimate of drug-likeness (QED) is 0.533. The number of halogens is 7.